The minimum Gasteiger partial charge on any atom is -0.392 e. The SMILES string of the molecule is OC1C2[C@@H]3C[C@@H]1CC3OC2(C(F)(F)F)C(F)(F)F. The van der Waals surface area contributed by atoms with Crippen LogP contribution in [0.2, 0.25) is 0 Å². The van der Waals surface area contributed by atoms with Crippen molar-refractivity contribution >= 4 is 0 Å². The van der Waals surface area contributed by atoms with Gasteiger partial charge in [-0.2, -0.15) is 26.3 Å². The van der Waals surface area contributed by atoms with Gasteiger partial charge in [0.25, 0.3) is 5.60 Å². The Morgan fingerprint density at radius 3 is 2.00 bits per heavy atom. The molecular formula is C10H10F6O2. The monoisotopic (exact) mass is 276 g/mol. The molecule has 18 heavy (non-hydrogen) atoms. The van der Waals surface area contributed by atoms with Gasteiger partial charge in [-0.1, -0.05) is 0 Å². The van der Waals surface area contributed by atoms with Gasteiger partial charge < -0.3 is 9.84 Å². The maximum absolute atomic E-state index is 13.0. The first-order valence-corrected chi connectivity index (χ1v) is 5.59. The molecule has 0 aromatic carbocycles. The molecule has 2 aliphatic carbocycles. The molecule has 8 heteroatoms. The Balaban J connectivity index is 2.13. The molecule has 3 aliphatic rings. The lowest BCUT2D eigenvalue weighted by Gasteiger charge is -2.38. The quantitative estimate of drug-likeness (QED) is 0.688. The van der Waals surface area contributed by atoms with E-state index in [4.69, 9.17) is 0 Å². The number of halogens is 6. The molecule has 3 rings (SSSR count). The van der Waals surface area contributed by atoms with Crippen LogP contribution in [-0.2, 0) is 4.74 Å². The minimum atomic E-state index is -5.57. The van der Waals surface area contributed by atoms with Gasteiger partial charge in [-0.25, -0.2) is 0 Å². The van der Waals surface area contributed by atoms with Crippen LogP contribution in [0.5, 0.6) is 0 Å². The molecule has 2 nitrogen and oxygen atoms in total. The van der Waals surface area contributed by atoms with Crippen molar-refractivity contribution in [2.24, 2.45) is 17.8 Å². The molecule has 0 aromatic heterocycles. The van der Waals surface area contributed by atoms with Gasteiger partial charge in [-0.15, -0.1) is 0 Å². The van der Waals surface area contributed by atoms with Crippen molar-refractivity contribution in [3.05, 3.63) is 0 Å². The van der Waals surface area contributed by atoms with Gasteiger partial charge in [0.1, 0.15) is 0 Å². The fourth-order valence-corrected chi connectivity index (χ4v) is 3.94. The van der Waals surface area contributed by atoms with Crippen molar-refractivity contribution in [2.45, 2.75) is 43.0 Å². The van der Waals surface area contributed by atoms with Crippen LogP contribution in [0, 0.1) is 17.8 Å². The first kappa shape index (κ1) is 12.5. The second-order valence-corrected chi connectivity index (χ2v) is 5.30. The molecule has 1 saturated heterocycles. The average Bonchev–Trinajstić information content (AvgIpc) is 2.71. The van der Waals surface area contributed by atoms with Crippen LogP contribution in [-0.4, -0.2) is 35.3 Å². The number of fused-ring (bicyclic) bond motifs is 1. The van der Waals surface area contributed by atoms with E-state index in [2.05, 4.69) is 4.74 Å². The maximum Gasteiger partial charge on any atom is 0.426 e. The van der Waals surface area contributed by atoms with Crippen LogP contribution in [0.25, 0.3) is 0 Å². The fraction of sp³-hybridized carbons (Fsp3) is 1.00. The van der Waals surface area contributed by atoms with E-state index in [1.807, 2.05) is 0 Å². The van der Waals surface area contributed by atoms with Gasteiger partial charge in [0.2, 0.25) is 0 Å². The molecule has 3 unspecified atom stereocenters. The van der Waals surface area contributed by atoms with E-state index in [1.165, 1.54) is 0 Å². The van der Waals surface area contributed by atoms with Gasteiger partial charge in [0, 0.05) is 5.92 Å². The molecule has 2 bridgehead atoms. The molecular weight excluding hydrogens is 266 g/mol. The molecule has 2 saturated carbocycles. The first-order valence-electron chi connectivity index (χ1n) is 5.59. The largest absolute Gasteiger partial charge is 0.426 e. The zero-order chi connectivity index (χ0) is 13.5. The second-order valence-electron chi connectivity index (χ2n) is 5.30. The Morgan fingerprint density at radius 2 is 1.56 bits per heavy atom. The van der Waals surface area contributed by atoms with Crippen LogP contribution < -0.4 is 0 Å². The van der Waals surface area contributed by atoms with E-state index in [0.717, 1.165) is 0 Å². The standard InChI is InChI=1S/C10H10F6O2/c11-9(12,13)8(10(14,15)16)6-4-1-3(7(6)17)2-5(4)18-8/h3-7,17H,1-2H2/t3-,4-,5?,6?,7?/m1/s1. The zero-order valence-corrected chi connectivity index (χ0v) is 8.92. The minimum absolute atomic E-state index is 0.0796. The molecule has 0 radical (unpaired) electrons. The number of aliphatic hydroxyl groups is 1. The summed E-state index contributed by atoms with van der Waals surface area (Å²) >= 11 is 0. The number of hydrogen-bond acceptors (Lipinski definition) is 2. The number of alkyl halides is 6. The Kier molecular flexibility index (Phi) is 2.19. The Labute approximate surface area is 97.9 Å². The molecule has 3 fully saturated rings. The van der Waals surface area contributed by atoms with Crippen LogP contribution >= 0.6 is 0 Å². The van der Waals surface area contributed by atoms with E-state index in [1.54, 1.807) is 0 Å². The number of ether oxygens (including phenoxy) is 1. The topological polar surface area (TPSA) is 29.5 Å². The predicted octanol–water partition coefficient (Wildman–Crippen LogP) is 2.27. The van der Waals surface area contributed by atoms with E-state index in [9.17, 15) is 31.4 Å². The van der Waals surface area contributed by atoms with Gasteiger partial charge in [0.15, 0.2) is 0 Å². The Morgan fingerprint density at radius 1 is 1.00 bits per heavy atom. The summed E-state index contributed by atoms with van der Waals surface area (Å²) in [6.45, 7) is 0. The van der Waals surface area contributed by atoms with Gasteiger partial charge in [-0.05, 0) is 24.7 Å². The summed E-state index contributed by atoms with van der Waals surface area (Å²) in [7, 11) is 0. The highest BCUT2D eigenvalue weighted by Crippen LogP contribution is 2.67. The molecule has 0 amide bonds. The maximum atomic E-state index is 13.0. The number of aliphatic hydroxyl groups excluding tert-OH is 1. The van der Waals surface area contributed by atoms with Crippen LogP contribution in [0.15, 0.2) is 0 Å². The van der Waals surface area contributed by atoms with Crippen molar-refractivity contribution in [2.75, 3.05) is 0 Å². The highest BCUT2D eigenvalue weighted by atomic mass is 19.4. The van der Waals surface area contributed by atoms with Crippen LogP contribution in [0.4, 0.5) is 26.3 Å². The Hall–Kier alpha value is -0.500. The number of rotatable bonds is 0. The lowest BCUT2D eigenvalue weighted by molar-refractivity contribution is -0.387. The molecule has 1 aliphatic heterocycles. The van der Waals surface area contributed by atoms with Crippen molar-refractivity contribution in [3.63, 3.8) is 0 Å². The van der Waals surface area contributed by atoms with Crippen LogP contribution in [0.3, 0.4) is 0 Å². The third kappa shape index (κ3) is 1.18. The van der Waals surface area contributed by atoms with Gasteiger partial charge in [-0.3, -0.25) is 0 Å². The normalized spacial score (nSPS) is 45.8. The summed E-state index contributed by atoms with van der Waals surface area (Å²) in [5, 5.41) is 9.69. The third-order valence-electron chi connectivity index (χ3n) is 4.55. The Bertz CT molecular complexity index is 360. The fourth-order valence-electron chi connectivity index (χ4n) is 3.94. The summed E-state index contributed by atoms with van der Waals surface area (Å²) < 4.78 is 82.2. The number of hydrogen-bond donors (Lipinski definition) is 1. The molecule has 1 N–H and O–H groups in total. The van der Waals surface area contributed by atoms with Gasteiger partial charge >= 0.3 is 12.4 Å². The van der Waals surface area contributed by atoms with E-state index >= 15 is 0 Å². The van der Waals surface area contributed by atoms with Crippen molar-refractivity contribution in [1.82, 2.24) is 0 Å². The summed E-state index contributed by atoms with van der Waals surface area (Å²) in [6, 6.07) is 0. The second kappa shape index (κ2) is 3.15. The summed E-state index contributed by atoms with van der Waals surface area (Å²) in [6.07, 6.45) is -13.5. The molecule has 0 spiro atoms. The lowest BCUT2D eigenvalue weighted by Crippen LogP contribution is -2.62. The molecule has 0 aromatic rings. The highest BCUT2D eigenvalue weighted by molar-refractivity contribution is 5.19. The van der Waals surface area contributed by atoms with Crippen molar-refractivity contribution in [1.29, 1.82) is 0 Å². The predicted molar refractivity (Wildman–Crippen MR) is 45.4 cm³/mol. The smallest absolute Gasteiger partial charge is 0.392 e. The van der Waals surface area contributed by atoms with E-state index < -0.39 is 47.9 Å². The lowest BCUT2D eigenvalue weighted by atomic mass is 9.76. The average molecular weight is 276 g/mol. The summed E-state index contributed by atoms with van der Waals surface area (Å²) in [4.78, 5) is 0. The molecule has 1 heterocycles. The molecule has 5 atom stereocenters. The molecule has 104 valence electrons. The third-order valence-corrected chi connectivity index (χ3v) is 4.55. The van der Waals surface area contributed by atoms with E-state index in [0.29, 0.717) is 0 Å². The first-order chi connectivity index (χ1) is 8.09. The van der Waals surface area contributed by atoms with Crippen molar-refractivity contribution < 1.29 is 36.2 Å². The summed E-state index contributed by atoms with van der Waals surface area (Å²) in [5.41, 5.74) is -4.19. The zero-order valence-electron chi connectivity index (χ0n) is 8.92. The highest BCUT2D eigenvalue weighted by Gasteiger charge is 2.84. The summed E-state index contributed by atoms with van der Waals surface area (Å²) in [5.74, 6) is -3.26. The van der Waals surface area contributed by atoms with E-state index in [-0.39, 0.29) is 12.8 Å². The van der Waals surface area contributed by atoms with Gasteiger partial charge in [0.05, 0.1) is 12.2 Å². The van der Waals surface area contributed by atoms with Crippen molar-refractivity contribution in [3.8, 4) is 0 Å². The van der Waals surface area contributed by atoms with Crippen LogP contribution in [0.1, 0.15) is 12.8 Å².